The molecule has 0 aromatic heterocycles. The van der Waals surface area contributed by atoms with E-state index in [9.17, 15) is 8.78 Å². The smallest absolute Gasteiger partial charge is 0.257 e. The van der Waals surface area contributed by atoms with Gasteiger partial charge in [-0.2, -0.15) is 0 Å². The van der Waals surface area contributed by atoms with Gasteiger partial charge in [0.2, 0.25) is 0 Å². The average molecular weight is 149 g/mol. The summed E-state index contributed by atoms with van der Waals surface area (Å²) in [6.45, 7) is 3.65. The van der Waals surface area contributed by atoms with E-state index < -0.39 is 6.43 Å². The van der Waals surface area contributed by atoms with Crippen molar-refractivity contribution in [1.29, 1.82) is 0 Å². The van der Waals surface area contributed by atoms with E-state index in [0.717, 1.165) is 19.2 Å². The number of hydrogen-bond donors (Lipinski definition) is 1. The first-order valence-corrected chi connectivity index (χ1v) is 3.43. The first-order valence-electron chi connectivity index (χ1n) is 3.43. The predicted octanol–water partition coefficient (Wildman–Crippen LogP) is 1.81. The van der Waals surface area contributed by atoms with Crippen LogP contribution in [0.1, 0.15) is 13.3 Å². The molecule has 60 valence electrons. The number of hydrogen-bond acceptors (Lipinski definition) is 1. The van der Waals surface area contributed by atoms with Crippen LogP contribution in [0.2, 0.25) is 0 Å². The van der Waals surface area contributed by atoms with E-state index in [2.05, 4.69) is 5.32 Å². The summed E-state index contributed by atoms with van der Waals surface area (Å²) in [5.74, 6) is 0. The van der Waals surface area contributed by atoms with Crippen molar-refractivity contribution in [1.82, 2.24) is 5.32 Å². The van der Waals surface area contributed by atoms with Crippen LogP contribution in [0.3, 0.4) is 0 Å². The summed E-state index contributed by atoms with van der Waals surface area (Å²) in [7, 11) is 0. The summed E-state index contributed by atoms with van der Waals surface area (Å²) in [5, 5.41) is 3.03. The molecule has 0 heterocycles. The molecular weight excluding hydrogens is 136 g/mol. The maximum absolute atomic E-state index is 11.4. The van der Waals surface area contributed by atoms with Crippen LogP contribution in [-0.4, -0.2) is 19.5 Å². The first kappa shape index (κ1) is 9.56. The third kappa shape index (κ3) is 7.56. The predicted molar refractivity (Wildman–Crippen MR) is 38.3 cm³/mol. The van der Waals surface area contributed by atoms with Gasteiger partial charge in [0.1, 0.15) is 0 Å². The van der Waals surface area contributed by atoms with Crippen molar-refractivity contribution in [2.45, 2.75) is 19.8 Å². The largest absolute Gasteiger partial charge is 0.317 e. The topological polar surface area (TPSA) is 12.0 Å². The average Bonchev–Trinajstić information content (AvgIpc) is 1.87. The highest BCUT2D eigenvalue weighted by Gasteiger charge is 1.90. The van der Waals surface area contributed by atoms with Crippen molar-refractivity contribution in [2.24, 2.45) is 0 Å². The van der Waals surface area contributed by atoms with Crippen LogP contribution in [0.4, 0.5) is 8.78 Å². The van der Waals surface area contributed by atoms with Crippen LogP contribution >= 0.6 is 0 Å². The second-order valence-corrected chi connectivity index (χ2v) is 1.90. The lowest BCUT2D eigenvalue weighted by Gasteiger charge is -1.94. The Kier molecular flexibility index (Phi) is 6.38. The Balaban J connectivity index is 3.02. The SMILES string of the molecule is CCNCC/C=C/C(F)F. The van der Waals surface area contributed by atoms with Gasteiger partial charge in [-0.15, -0.1) is 0 Å². The van der Waals surface area contributed by atoms with Crippen LogP contribution in [0.15, 0.2) is 12.2 Å². The van der Waals surface area contributed by atoms with Crippen molar-refractivity contribution < 1.29 is 8.78 Å². The fourth-order valence-corrected chi connectivity index (χ4v) is 0.561. The van der Waals surface area contributed by atoms with E-state index in [1.54, 1.807) is 0 Å². The normalized spacial score (nSPS) is 11.6. The molecule has 10 heavy (non-hydrogen) atoms. The molecule has 0 saturated carbocycles. The molecule has 0 aliphatic carbocycles. The molecule has 0 rings (SSSR count). The van der Waals surface area contributed by atoms with E-state index in [0.29, 0.717) is 6.42 Å². The molecule has 0 spiro atoms. The quantitative estimate of drug-likeness (QED) is 0.464. The second kappa shape index (κ2) is 6.68. The molecular formula is C7H13F2N. The summed E-state index contributed by atoms with van der Waals surface area (Å²) in [6, 6.07) is 0. The van der Waals surface area contributed by atoms with Gasteiger partial charge in [0.25, 0.3) is 6.43 Å². The molecule has 0 saturated heterocycles. The molecule has 0 radical (unpaired) electrons. The monoisotopic (exact) mass is 149 g/mol. The van der Waals surface area contributed by atoms with Gasteiger partial charge in [-0.25, -0.2) is 8.78 Å². The van der Waals surface area contributed by atoms with Gasteiger partial charge < -0.3 is 5.32 Å². The zero-order valence-corrected chi connectivity index (χ0v) is 6.11. The second-order valence-electron chi connectivity index (χ2n) is 1.90. The molecule has 1 nitrogen and oxygen atoms in total. The highest BCUT2D eigenvalue weighted by molar-refractivity contribution is 4.84. The maximum Gasteiger partial charge on any atom is 0.257 e. The number of alkyl halides is 2. The highest BCUT2D eigenvalue weighted by Crippen LogP contribution is 1.93. The van der Waals surface area contributed by atoms with Gasteiger partial charge in [-0.3, -0.25) is 0 Å². The van der Waals surface area contributed by atoms with Crippen molar-refractivity contribution in [3.05, 3.63) is 12.2 Å². The summed E-state index contributed by atoms with van der Waals surface area (Å²) >= 11 is 0. The Hall–Kier alpha value is -0.440. The summed E-state index contributed by atoms with van der Waals surface area (Å²) in [6.07, 6.45) is 0.782. The van der Waals surface area contributed by atoms with Crippen molar-refractivity contribution in [3.8, 4) is 0 Å². The van der Waals surface area contributed by atoms with Crippen LogP contribution in [0.25, 0.3) is 0 Å². The van der Waals surface area contributed by atoms with Crippen LogP contribution < -0.4 is 5.32 Å². The molecule has 0 fully saturated rings. The van der Waals surface area contributed by atoms with Crippen LogP contribution in [0.5, 0.6) is 0 Å². The Morgan fingerprint density at radius 2 is 2.20 bits per heavy atom. The lowest BCUT2D eigenvalue weighted by molar-refractivity contribution is 0.204. The molecule has 0 atom stereocenters. The number of nitrogens with one attached hydrogen (secondary N) is 1. The highest BCUT2D eigenvalue weighted by atomic mass is 19.3. The molecule has 1 N–H and O–H groups in total. The number of rotatable bonds is 5. The van der Waals surface area contributed by atoms with Crippen molar-refractivity contribution in [2.75, 3.05) is 13.1 Å². The Morgan fingerprint density at radius 1 is 1.50 bits per heavy atom. The Labute approximate surface area is 60.1 Å². The maximum atomic E-state index is 11.4. The van der Waals surface area contributed by atoms with Crippen molar-refractivity contribution >= 4 is 0 Å². The molecule has 0 aliphatic rings. The zero-order valence-electron chi connectivity index (χ0n) is 6.11. The number of halogens is 2. The standard InChI is InChI=1S/C7H13F2N/c1-2-10-6-4-3-5-7(8)9/h3,5,7,10H,2,4,6H2,1H3/b5-3+. The number of allylic oxidation sites excluding steroid dienone is 1. The van der Waals surface area contributed by atoms with Gasteiger partial charge in [-0.1, -0.05) is 13.0 Å². The van der Waals surface area contributed by atoms with Gasteiger partial charge in [0.05, 0.1) is 0 Å². The van der Waals surface area contributed by atoms with Gasteiger partial charge >= 0.3 is 0 Å². The van der Waals surface area contributed by atoms with E-state index in [1.165, 1.54) is 6.08 Å². The van der Waals surface area contributed by atoms with Crippen LogP contribution in [0, 0.1) is 0 Å². The minimum Gasteiger partial charge on any atom is -0.317 e. The summed E-state index contributed by atoms with van der Waals surface area (Å²) in [5.41, 5.74) is 0. The minimum atomic E-state index is -2.30. The van der Waals surface area contributed by atoms with E-state index in [1.807, 2.05) is 6.92 Å². The molecule has 0 aromatic rings. The Bertz CT molecular complexity index is 91.6. The lowest BCUT2D eigenvalue weighted by Crippen LogP contribution is -2.12. The molecule has 0 bridgehead atoms. The van der Waals surface area contributed by atoms with Gasteiger partial charge in [-0.05, 0) is 25.6 Å². The van der Waals surface area contributed by atoms with Crippen molar-refractivity contribution in [3.63, 3.8) is 0 Å². The van der Waals surface area contributed by atoms with E-state index in [-0.39, 0.29) is 0 Å². The van der Waals surface area contributed by atoms with Crippen LogP contribution in [-0.2, 0) is 0 Å². The molecule has 3 heteroatoms. The molecule has 0 amide bonds. The first-order chi connectivity index (χ1) is 4.77. The third-order valence-corrected chi connectivity index (χ3v) is 1.02. The fourth-order valence-electron chi connectivity index (χ4n) is 0.561. The van der Waals surface area contributed by atoms with Gasteiger partial charge in [0, 0.05) is 0 Å². The summed E-state index contributed by atoms with van der Waals surface area (Å²) in [4.78, 5) is 0. The lowest BCUT2D eigenvalue weighted by atomic mass is 10.4. The molecule has 0 unspecified atom stereocenters. The fraction of sp³-hybridized carbons (Fsp3) is 0.714. The van der Waals surface area contributed by atoms with Gasteiger partial charge in [0.15, 0.2) is 0 Å². The molecule has 0 aromatic carbocycles. The van der Waals surface area contributed by atoms with E-state index >= 15 is 0 Å². The van der Waals surface area contributed by atoms with E-state index in [4.69, 9.17) is 0 Å². The third-order valence-electron chi connectivity index (χ3n) is 1.02. The Morgan fingerprint density at radius 3 is 2.70 bits per heavy atom. The summed E-state index contributed by atoms with van der Waals surface area (Å²) < 4.78 is 22.9. The minimum absolute atomic E-state index is 0.679. The molecule has 0 aliphatic heterocycles. The zero-order chi connectivity index (χ0) is 7.82.